The average Bonchev–Trinajstić information content (AvgIpc) is 2.61. The van der Waals surface area contributed by atoms with Crippen LogP contribution in [0.4, 0.5) is 0 Å². The maximum Gasteiger partial charge on any atom is 0.231 e. The van der Waals surface area contributed by atoms with Crippen molar-refractivity contribution in [2.75, 3.05) is 20.9 Å². The van der Waals surface area contributed by atoms with Crippen LogP contribution in [0, 0.1) is 0 Å². The molecule has 14 heavy (non-hydrogen) atoms. The summed E-state index contributed by atoms with van der Waals surface area (Å²) in [4.78, 5) is 0. The second-order valence-electron chi connectivity index (χ2n) is 3.42. The molecular weight excluding hydrogens is 180 g/mol. The Morgan fingerprint density at radius 3 is 2.86 bits per heavy atom. The van der Waals surface area contributed by atoms with Gasteiger partial charge in [-0.1, -0.05) is 6.07 Å². The summed E-state index contributed by atoms with van der Waals surface area (Å²) in [6.07, 6.45) is 0. The van der Waals surface area contributed by atoms with E-state index < -0.39 is 0 Å². The first-order valence-corrected chi connectivity index (χ1v) is 4.55. The van der Waals surface area contributed by atoms with Crippen LogP contribution in [0.15, 0.2) is 18.2 Å². The molecule has 1 aliphatic rings. The van der Waals surface area contributed by atoms with E-state index >= 15 is 0 Å². The fraction of sp³-hybridized carbons (Fsp3) is 0.400. The fourth-order valence-electron chi connectivity index (χ4n) is 1.30. The van der Waals surface area contributed by atoms with E-state index in [4.69, 9.17) is 9.47 Å². The molecule has 2 rings (SSSR count). The van der Waals surface area contributed by atoms with Gasteiger partial charge in [0.05, 0.1) is 0 Å². The van der Waals surface area contributed by atoms with Crippen LogP contribution in [0.2, 0.25) is 0 Å². The lowest BCUT2D eigenvalue weighted by atomic mass is 10.2. The van der Waals surface area contributed by atoms with Crippen LogP contribution in [-0.2, 0) is 6.54 Å². The molecule has 0 unspecified atom stereocenters. The third-order valence-electron chi connectivity index (χ3n) is 2.04. The van der Waals surface area contributed by atoms with Crippen molar-refractivity contribution in [1.29, 1.82) is 0 Å². The van der Waals surface area contributed by atoms with E-state index in [2.05, 4.69) is 5.43 Å². The highest BCUT2D eigenvalue weighted by Gasteiger charge is 2.12. The number of ether oxygens (including phenoxy) is 2. The second-order valence-corrected chi connectivity index (χ2v) is 3.42. The first-order valence-electron chi connectivity index (χ1n) is 4.55. The van der Waals surface area contributed by atoms with E-state index in [0.29, 0.717) is 6.79 Å². The van der Waals surface area contributed by atoms with E-state index in [-0.39, 0.29) is 0 Å². The number of rotatable bonds is 3. The lowest BCUT2D eigenvalue weighted by molar-refractivity contribution is 0.174. The van der Waals surface area contributed by atoms with Gasteiger partial charge in [-0.3, -0.25) is 10.4 Å². The standard InChI is InChI=1S/C10H14N2O2/c1-12(2)11-6-8-3-4-9-10(5-8)14-7-13-9/h3-5,11H,6-7H2,1-2H3. The smallest absolute Gasteiger partial charge is 0.231 e. The number of nitrogens with one attached hydrogen (secondary N) is 1. The Bertz CT molecular complexity index is 326. The number of hydrogen-bond acceptors (Lipinski definition) is 4. The predicted molar refractivity (Wildman–Crippen MR) is 53.1 cm³/mol. The van der Waals surface area contributed by atoms with Gasteiger partial charge in [0.15, 0.2) is 11.5 Å². The Hall–Kier alpha value is -1.26. The number of hydrazine groups is 1. The number of hydrogen-bond donors (Lipinski definition) is 1. The third-order valence-corrected chi connectivity index (χ3v) is 2.04. The molecular formula is C10H14N2O2. The molecule has 0 bridgehead atoms. The topological polar surface area (TPSA) is 33.7 Å². The highest BCUT2D eigenvalue weighted by Crippen LogP contribution is 2.32. The van der Waals surface area contributed by atoms with Crippen molar-refractivity contribution in [3.05, 3.63) is 23.8 Å². The molecule has 4 heteroatoms. The van der Waals surface area contributed by atoms with Crippen molar-refractivity contribution in [3.63, 3.8) is 0 Å². The van der Waals surface area contributed by atoms with Crippen molar-refractivity contribution < 1.29 is 9.47 Å². The van der Waals surface area contributed by atoms with Gasteiger partial charge in [-0.15, -0.1) is 0 Å². The summed E-state index contributed by atoms with van der Waals surface area (Å²) >= 11 is 0. The summed E-state index contributed by atoms with van der Waals surface area (Å²) in [5, 5.41) is 1.92. The lowest BCUT2D eigenvalue weighted by Gasteiger charge is -2.11. The molecule has 0 fully saturated rings. The van der Waals surface area contributed by atoms with Gasteiger partial charge in [-0.05, 0) is 17.7 Å². The van der Waals surface area contributed by atoms with E-state index in [1.54, 1.807) is 0 Å². The van der Waals surface area contributed by atoms with Crippen molar-refractivity contribution in [3.8, 4) is 11.5 Å². The molecule has 76 valence electrons. The quantitative estimate of drug-likeness (QED) is 0.727. The lowest BCUT2D eigenvalue weighted by Crippen LogP contribution is -2.29. The normalized spacial score (nSPS) is 13.6. The molecule has 4 nitrogen and oxygen atoms in total. The van der Waals surface area contributed by atoms with Gasteiger partial charge in [0.2, 0.25) is 6.79 Å². The maximum atomic E-state index is 5.28. The van der Waals surface area contributed by atoms with Crippen LogP contribution < -0.4 is 14.9 Å². The van der Waals surface area contributed by atoms with Crippen molar-refractivity contribution in [1.82, 2.24) is 10.4 Å². The minimum atomic E-state index is 0.333. The second kappa shape index (κ2) is 3.86. The predicted octanol–water partition coefficient (Wildman–Crippen LogP) is 0.981. The van der Waals surface area contributed by atoms with Gasteiger partial charge in [0, 0.05) is 20.6 Å². The molecule has 0 spiro atoms. The van der Waals surface area contributed by atoms with Crippen LogP contribution in [0.3, 0.4) is 0 Å². The highest BCUT2D eigenvalue weighted by molar-refractivity contribution is 5.44. The van der Waals surface area contributed by atoms with Crippen LogP contribution in [-0.4, -0.2) is 25.9 Å². The zero-order chi connectivity index (χ0) is 9.97. The number of nitrogens with zero attached hydrogens (tertiary/aromatic N) is 1. The Morgan fingerprint density at radius 2 is 2.07 bits per heavy atom. The molecule has 0 radical (unpaired) electrons. The maximum absolute atomic E-state index is 5.28. The molecule has 1 heterocycles. The Balaban J connectivity index is 2.05. The molecule has 1 N–H and O–H groups in total. The Labute approximate surface area is 83.4 Å². The Kier molecular flexibility index (Phi) is 2.56. The van der Waals surface area contributed by atoms with Crippen molar-refractivity contribution in [2.24, 2.45) is 0 Å². The largest absolute Gasteiger partial charge is 0.454 e. The summed E-state index contributed by atoms with van der Waals surface area (Å²) in [7, 11) is 3.93. The van der Waals surface area contributed by atoms with Crippen LogP contribution in [0.5, 0.6) is 11.5 Å². The van der Waals surface area contributed by atoms with E-state index in [9.17, 15) is 0 Å². The Morgan fingerprint density at radius 1 is 1.29 bits per heavy atom. The van der Waals surface area contributed by atoms with Gasteiger partial charge >= 0.3 is 0 Å². The first-order chi connectivity index (χ1) is 6.75. The number of fused-ring (bicyclic) bond motifs is 1. The number of benzene rings is 1. The summed E-state index contributed by atoms with van der Waals surface area (Å²) in [6, 6.07) is 5.97. The highest BCUT2D eigenvalue weighted by atomic mass is 16.7. The third kappa shape index (κ3) is 1.97. The molecule has 0 saturated heterocycles. The van der Waals surface area contributed by atoms with E-state index in [1.807, 2.05) is 37.3 Å². The van der Waals surface area contributed by atoms with Gasteiger partial charge in [-0.2, -0.15) is 0 Å². The fourth-order valence-corrected chi connectivity index (χ4v) is 1.30. The van der Waals surface area contributed by atoms with Gasteiger partial charge in [0.25, 0.3) is 0 Å². The van der Waals surface area contributed by atoms with Gasteiger partial charge in [0.1, 0.15) is 0 Å². The monoisotopic (exact) mass is 194 g/mol. The molecule has 0 amide bonds. The zero-order valence-electron chi connectivity index (χ0n) is 8.41. The van der Waals surface area contributed by atoms with Crippen LogP contribution in [0.25, 0.3) is 0 Å². The molecule has 1 aromatic carbocycles. The van der Waals surface area contributed by atoms with Gasteiger partial charge in [-0.25, -0.2) is 0 Å². The van der Waals surface area contributed by atoms with E-state index in [1.165, 1.54) is 5.56 Å². The van der Waals surface area contributed by atoms with Crippen molar-refractivity contribution in [2.45, 2.75) is 6.54 Å². The SMILES string of the molecule is CN(C)NCc1ccc2c(c1)OCO2. The zero-order valence-corrected chi connectivity index (χ0v) is 8.41. The van der Waals surface area contributed by atoms with E-state index in [0.717, 1.165) is 18.0 Å². The summed E-state index contributed by atoms with van der Waals surface area (Å²) in [5.41, 5.74) is 4.37. The first kappa shape index (κ1) is 9.30. The molecule has 1 aliphatic heterocycles. The minimum Gasteiger partial charge on any atom is -0.454 e. The molecule has 1 aromatic rings. The summed E-state index contributed by atoms with van der Waals surface area (Å²) < 4.78 is 10.5. The van der Waals surface area contributed by atoms with Crippen LogP contribution in [0.1, 0.15) is 5.56 Å². The molecule has 0 saturated carbocycles. The van der Waals surface area contributed by atoms with Crippen molar-refractivity contribution >= 4 is 0 Å². The molecule has 0 atom stereocenters. The summed E-state index contributed by atoms with van der Waals surface area (Å²) in [6.45, 7) is 1.13. The van der Waals surface area contributed by atoms with Crippen LogP contribution >= 0.6 is 0 Å². The average molecular weight is 194 g/mol. The molecule has 0 aromatic heterocycles. The minimum absolute atomic E-state index is 0.333. The molecule has 0 aliphatic carbocycles. The van der Waals surface area contributed by atoms with Gasteiger partial charge < -0.3 is 9.47 Å². The summed E-state index contributed by atoms with van der Waals surface area (Å²) in [5.74, 6) is 1.67.